The second kappa shape index (κ2) is 7.67. The Morgan fingerprint density at radius 3 is 2.23 bits per heavy atom. The molecule has 0 saturated carbocycles. The van der Waals surface area contributed by atoms with E-state index in [2.05, 4.69) is 22.8 Å². The number of hydrogen-bond donors (Lipinski definition) is 0. The molecule has 3 nitrogen and oxygen atoms in total. The summed E-state index contributed by atoms with van der Waals surface area (Å²) in [6, 6.07) is 14.2. The number of hydrogen-bond acceptors (Lipinski definition) is 3. The van der Waals surface area contributed by atoms with Gasteiger partial charge in [0.25, 0.3) is 0 Å². The molecule has 0 amide bonds. The van der Waals surface area contributed by atoms with E-state index >= 15 is 4.39 Å². The smallest absolute Gasteiger partial charge is 0.134 e. The summed E-state index contributed by atoms with van der Waals surface area (Å²) in [5.41, 5.74) is 2.19. The monoisotopic (exact) mass is 356 g/mol. The van der Waals surface area contributed by atoms with Gasteiger partial charge < -0.3 is 14.5 Å². The van der Waals surface area contributed by atoms with Crippen molar-refractivity contribution in [1.29, 1.82) is 0 Å². The quantitative estimate of drug-likeness (QED) is 0.772. The predicted octanol–water partition coefficient (Wildman–Crippen LogP) is 4.71. The normalized spacial score (nSPS) is 16.0. The number of halogens is 1. The number of rotatable bonds is 5. The van der Waals surface area contributed by atoms with Crippen molar-refractivity contribution >= 4 is 5.69 Å². The highest BCUT2D eigenvalue weighted by atomic mass is 19.1. The molecule has 0 unspecified atom stereocenters. The van der Waals surface area contributed by atoms with Crippen LogP contribution in [0.3, 0.4) is 0 Å². The SMILES string of the molecule is CCN1CCN(c2cc(-c3ccccc3)c(OC)c(C(C)(C)F)c2)CC1. The van der Waals surface area contributed by atoms with E-state index in [1.807, 2.05) is 36.4 Å². The van der Waals surface area contributed by atoms with E-state index in [4.69, 9.17) is 4.74 Å². The minimum absolute atomic E-state index is 0.606. The van der Waals surface area contributed by atoms with E-state index in [9.17, 15) is 0 Å². The molecule has 2 aromatic rings. The van der Waals surface area contributed by atoms with Crippen LogP contribution < -0.4 is 9.64 Å². The summed E-state index contributed by atoms with van der Waals surface area (Å²) in [6.07, 6.45) is 0. The number of alkyl halides is 1. The summed E-state index contributed by atoms with van der Waals surface area (Å²) in [7, 11) is 1.62. The molecule has 140 valence electrons. The number of anilines is 1. The first-order valence-electron chi connectivity index (χ1n) is 9.38. The molecule has 1 heterocycles. The molecular formula is C22H29FN2O. The third-order valence-corrected chi connectivity index (χ3v) is 5.19. The summed E-state index contributed by atoms with van der Waals surface area (Å²) < 4.78 is 20.7. The molecule has 0 aliphatic carbocycles. The van der Waals surface area contributed by atoms with Gasteiger partial charge in [-0.3, -0.25) is 0 Å². The van der Waals surface area contributed by atoms with Crippen molar-refractivity contribution in [2.24, 2.45) is 0 Å². The lowest BCUT2D eigenvalue weighted by Gasteiger charge is -2.36. The average Bonchev–Trinajstić information content (AvgIpc) is 2.67. The number of likely N-dealkylation sites (N-methyl/N-ethyl adjacent to an activating group) is 1. The van der Waals surface area contributed by atoms with Gasteiger partial charge in [-0.1, -0.05) is 37.3 Å². The zero-order valence-electron chi connectivity index (χ0n) is 16.3. The van der Waals surface area contributed by atoms with Gasteiger partial charge in [0.15, 0.2) is 0 Å². The molecule has 1 fully saturated rings. The summed E-state index contributed by atoms with van der Waals surface area (Å²) in [6.45, 7) is 10.5. The lowest BCUT2D eigenvalue weighted by Crippen LogP contribution is -2.46. The number of nitrogens with zero attached hydrogens (tertiary/aromatic N) is 2. The Labute approximate surface area is 156 Å². The molecule has 1 saturated heterocycles. The number of ether oxygens (including phenoxy) is 1. The lowest BCUT2D eigenvalue weighted by molar-refractivity contribution is 0.213. The first-order valence-corrected chi connectivity index (χ1v) is 9.38. The van der Waals surface area contributed by atoms with Crippen molar-refractivity contribution in [3.05, 3.63) is 48.0 Å². The summed E-state index contributed by atoms with van der Waals surface area (Å²) in [5.74, 6) is 0.625. The summed E-state index contributed by atoms with van der Waals surface area (Å²) in [4.78, 5) is 4.80. The topological polar surface area (TPSA) is 15.7 Å². The maximum Gasteiger partial charge on any atom is 0.134 e. The number of piperazine rings is 1. The standard InChI is InChI=1S/C22H29FN2O/c1-5-24-11-13-25(14-12-24)18-15-19(17-9-7-6-8-10-17)21(26-4)20(16-18)22(2,3)23/h6-10,15-16H,5,11-14H2,1-4H3. The lowest BCUT2D eigenvalue weighted by atomic mass is 9.92. The first kappa shape index (κ1) is 18.7. The molecule has 0 aromatic heterocycles. The Balaban J connectivity index is 2.08. The molecule has 0 bridgehead atoms. The largest absolute Gasteiger partial charge is 0.496 e. The van der Waals surface area contributed by atoms with Gasteiger partial charge in [0, 0.05) is 43.0 Å². The molecule has 2 aromatic carbocycles. The fraction of sp³-hybridized carbons (Fsp3) is 0.455. The van der Waals surface area contributed by atoms with E-state index < -0.39 is 5.67 Å². The van der Waals surface area contributed by atoms with E-state index in [0.717, 1.165) is 49.5 Å². The highest BCUT2D eigenvalue weighted by Gasteiger charge is 2.28. The zero-order chi connectivity index (χ0) is 18.7. The highest BCUT2D eigenvalue weighted by molar-refractivity contribution is 5.77. The minimum atomic E-state index is -1.48. The Morgan fingerprint density at radius 1 is 1.04 bits per heavy atom. The maximum atomic E-state index is 15.0. The third-order valence-electron chi connectivity index (χ3n) is 5.19. The Bertz CT molecular complexity index is 732. The van der Waals surface area contributed by atoms with Crippen molar-refractivity contribution in [2.45, 2.75) is 26.4 Å². The molecule has 0 atom stereocenters. The van der Waals surface area contributed by atoms with Gasteiger partial charge in [-0.05, 0) is 38.1 Å². The summed E-state index contributed by atoms with van der Waals surface area (Å²) in [5, 5.41) is 0. The van der Waals surface area contributed by atoms with Crippen LogP contribution in [0.1, 0.15) is 26.3 Å². The molecule has 1 aliphatic heterocycles. The molecular weight excluding hydrogens is 327 g/mol. The fourth-order valence-corrected chi connectivity index (χ4v) is 3.61. The van der Waals surface area contributed by atoms with Crippen molar-refractivity contribution in [3.63, 3.8) is 0 Å². The van der Waals surface area contributed by atoms with Crippen molar-refractivity contribution < 1.29 is 9.13 Å². The first-order chi connectivity index (χ1) is 12.4. The average molecular weight is 356 g/mol. The fourth-order valence-electron chi connectivity index (χ4n) is 3.61. The van der Waals surface area contributed by atoms with Gasteiger partial charge in [0.05, 0.1) is 7.11 Å². The Kier molecular flexibility index (Phi) is 5.52. The van der Waals surface area contributed by atoms with Gasteiger partial charge in [-0.2, -0.15) is 0 Å². The Morgan fingerprint density at radius 2 is 1.69 bits per heavy atom. The van der Waals surface area contributed by atoms with E-state index in [1.54, 1.807) is 21.0 Å². The molecule has 1 aliphatic rings. The molecule has 0 radical (unpaired) electrons. The van der Waals surface area contributed by atoms with Gasteiger partial charge >= 0.3 is 0 Å². The van der Waals surface area contributed by atoms with Crippen LogP contribution in [0.2, 0.25) is 0 Å². The van der Waals surface area contributed by atoms with Crippen LogP contribution in [0, 0.1) is 0 Å². The second-order valence-corrected chi connectivity index (χ2v) is 7.33. The van der Waals surface area contributed by atoms with E-state index in [-0.39, 0.29) is 0 Å². The molecule has 0 N–H and O–H groups in total. The van der Waals surface area contributed by atoms with Gasteiger partial charge in [-0.25, -0.2) is 4.39 Å². The van der Waals surface area contributed by atoms with Crippen LogP contribution in [0.4, 0.5) is 10.1 Å². The highest BCUT2D eigenvalue weighted by Crippen LogP contribution is 2.43. The van der Waals surface area contributed by atoms with Gasteiger partial charge in [0.2, 0.25) is 0 Å². The van der Waals surface area contributed by atoms with Crippen molar-refractivity contribution in [1.82, 2.24) is 4.90 Å². The van der Waals surface area contributed by atoms with Crippen LogP contribution in [0.25, 0.3) is 11.1 Å². The van der Waals surface area contributed by atoms with Crippen molar-refractivity contribution in [3.8, 4) is 16.9 Å². The van der Waals surface area contributed by atoms with Crippen LogP contribution in [0.5, 0.6) is 5.75 Å². The minimum Gasteiger partial charge on any atom is -0.496 e. The van der Waals surface area contributed by atoms with Crippen LogP contribution >= 0.6 is 0 Å². The maximum absolute atomic E-state index is 15.0. The second-order valence-electron chi connectivity index (χ2n) is 7.33. The molecule has 26 heavy (non-hydrogen) atoms. The predicted molar refractivity (Wildman–Crippen MR) is 107 cm³/mol. The summed E-state index contributed by atoms with van der Waals surface area (Å²) >= 11 is 0. The molecule has 4 heteroatoms. The van der Waals surface area contributed by atoms with Crippen LogP contribution in [-0.2, 0) is 5.67 Å². The van der Waals surface area contributed by atoms with E-state index in [1.165, 1.54) is 0 Å². The number of methoxy groups -OCH3 is 1. The van der Waals surface area contributed by atoms with Crippen molar-refractivity contribution in [2.75, 3.05) is 44.7 Å². The third kappa shape index (κ3) is 3.85. The molecule has 0 spiro atoms. The van der Waals surface area contributed by atoms with Crippen LogP contribution in [-0.4, -0.2) is 44.7 Å². The van der Waals surface area contributed by atoms with Gasteiger partial charge in [0.1, 0.15) is 11.4 Å². The Hall–Kier alpha value is -2.07. The van der Waals surface area contributed by atoms with E-state index in [0.29, 0.717) is 11.3 Å². The van der Waals surface area contributed by atoms with Crippen LogP contribution in [0.15, 0.2) is 42.5 Å². The zero-order valence-corrected chi connectivity index (χ0v) is 16.3. The van der Waals surface area contributed by atoms with Gasteiger partial charge in [-0.15, -0.1) is 0 Å². The molecule has 3 rings (SSSR count). The number of benzene rings is 2.